The van der Waals surface area contributed by atoms with Gasteiger partial charge in [-0.15, -0.1) is 0 Å². The summed E-state index contributed by atoms with van der Waals surface area (Å²) in [6, 6.07) is 12.0. The second-order valence-electron chi connectivity index (χ2n) is 5.71. The third-order valence-electron chi connectivity index (χ3n) is 4.23. The summed E-state index contributed by atoms with van der Waals surface area (Å²) in [7, 11) is 0. The fraction of sp³-hybridized carbons (Fsp3) is 0.235. The molecule has 4 N–H and O–H groups in total. The monoisotopic (exact) mass is 278 g/mol. The standard InChI is InChI=1S/C17H18N4/c18-11-3-5-13-14-6-4-12(19)10-16(14)20-17(15(13)9-11)21-7-1-2-8-21/h3-6,9-10H,1-2,7-8,18-19H2. The van der Waals surface area contributed by atoms with Crippen molar-refractivity contribution in [3.05, 3.63) is 36.4 Å². The van der Waals surface area contributed by atoms with Crippen LogP contribution in [0.15, 0.2) is 36.4 Å². The summed E-state index contributed by atoms with van der Waals surface area (Å²) in [4.78, 5) is 7.23. The maximum absolute atomic E-state index is 5.99. The molecule has 0 unspecified atom stereocenters. The molecule has 0 amide bonds. The van der Waals surface area contributed by atoms with E-state index in [1.165, 1.54) is 18.2 Å². The van der Waals surface area contributed by atoms with E-state index >= 15 is 0 Å². The number of hydrogen-bond donors (Lipinski definition) is 2. The average molecular weight is 278 g/mol. The Kier molecular flexibility index (Phi) is 2.64. The van der Waals surface area contributed by atoms with Crippen LogP contribution in [0, 0.1) is 0 Å². The molecule has 4 nitrogen and oxygen atoms in total. The van der Waals surface area contributed by atoms with Crippen molar-refractivity contribution in [2.45, 2.75) is 12.8 Å². The van der Waals surface area contributed by atoms with E-state index in [2.05, 4.69) is 11.0 Å². The minimum atomic E-state index is 0.747. The van der Waals surface area contributed by atoms with Crippen LogP contribution in [-0.2, 0) is 0 Å². The molecule has 0 bridgehead atoms. The van der Waals surface area contributed by atoms with Crippen LogP contribution in [0.4, 0.5) is 17.2 Å². The first-order valence-electron chi connectivity index (χ1n) is 7.36. The van der Waals surface area contributed by atoms with Gasteiger partial charge >= 0.3 is 0 Å². The minimum Gasteiger partial charge on any atom is -0.399 e. The molecule has 4 rings (SSSR count). The number of aromatic nitrogens is 1. The molecule has 1 fully saturated rings. The molecule has 3 aromatic rings. The Balaban J connectivity index is 2.10. The topological polar surface area (TPSA) is 68.2 Å². The van der Waals surface area contributed by atoms with Crippen LogP contribution in [0.25, 0.3) is 21.7 Å². The SMILES string of the molecule is Nc1ccc2c(c1)nc(N1CCCC1)c1cc(N)ccc12. The Labute approximate surface area is 123 Å². The van der Waals surface area contributed by atoms with Crippen molar-refractivity contribution in [1.29, 1.82) is 0 Å². The van der Waals surface area contributed by atoms with Gasteiger partial charge in [0.05, 0.1) is 5.52 Å². The van der Waals surface area contributed by atoms with E-state index in [4.69, 9.17) is 16.5 Å². The van der Waals surface area contributed by atoms with Gasteiger partial charge in [0, 0.05) is 35.2 Å². The minimum absolute atomic E-state index is 0.747. The van der Waals surface area contributed by atoms with Crippen molar-refractivity contribution in [2.75, 3.05) is 29.5 Å². The second-order valence-corrected chi connectivity index (χ2v) is 5.71. The number of rotatable bonds is 1. The van der Waals surface area contributed by atoms with Crippen LogP contribution < -0.4 is 16.4 Å². The van der Waals surface area contributed by atoms with Crippen molar-refractivity contribution in [3.8, 4) is 0 Å². The predicted molar refractivity (Wildman–Crippen MR) is 89.5 cm³/mol. The molecule has 0 saturated carbocycles. The Morgan fingerprint density at radius 1 is 0.810 bits per heavy atom. The maximum atomic E-state index is 5.99. The van der Waals surface area contributed by atoms with Crippen molar-refractivity contribution >= 4 is 38.9 Å². The highest BCUT2D eigenvalue weighted by molar-refractivity contribution is 6.11. The van der Waals surface area contributed by atoms with Gasteiger partial charge in [0.1, 0.15) is 5.82 Å². The molecule has 0 radical (unpaired) electrons. The largest absolute Gasteiger partial charge is 0.399 e. The highest BCUT2D eigenvalue weighted by Gasteiger charge is 2.18. The summed E-state index contributed by atoms with van der Waals surface area (Å²) in [5.41, 5.74) is 14.4. The van der Waals surface area contributed by atoms with E-state index in [-0.39, 0.29) is 0 Å². The zero-order valence-electron chi connectivity index (χ0n) is 11.8. The van der Waals surface area contributed by atoms with Gasteiger partial charge in [-0.3, -0.25) is 0 Å². The molecule has 106 valence electrons. The van der Waals surface area contributed by atoms with Crippen molar-refractivity contribution < 1.29 is 0 Å². The molecule has 0 spiro atoms. The summed E-state index contributed by atoms with van der Waals surface area (Å²) >= 11 is 0. The number of nitrogens with two attached hydrogens (primary N) is 2. The molecule has 0 atom stereocenters. The number of nitrogen functional groups attached to an aromatic ring is 2. The number of nitrogens with zero attached hydrogens (tertiary/aromatic N) is 2. The molecule has 1 aliphatic heterocycles. The van der Waals surface area contributed by atoms with E-state index in [1.54, 1.807) is 0 Å². The van der Waals surface area contributed by atoms with Gasteiger partial charge in [-0.1, -0.05) is 12.1 Å². The van der Waals surface area contributed by atoms with Crippen molar-refractivity contribution in [3.63, 3.8) is 0 Å². The highest BCUT2D eigenvalue weighted by atomic mass is 15.2. The van der Waals surface area contributed by atoms with Gasteiger partial charge in [-0.25, -0.2) is 4.98 Å². The first-order chi connectivity index (χ1) is 10.2. The van der Waals surface area contributed by atoms with Crippen LogP contribution in [-0.4, -0.2) is 18.1 Å². The fourth-order valence-electron chi connectivity index (χ4n) is 3.19. The second kappa shape index (κ2) is 4.52. The molecule has 1 aliphatic rings. The highest BCUT2D eigenvalue weighted by Crippen LogP contribution is 2.34. The van der Waals surface area contributed by atoms with E-state index < -0.39 is 0 Å². The van der Waals surface area contributed by atoms with E-state index in [9.17, 15) is 0 Å². The summed E-state index contributed by atoms with van der Waals surface area (Å²) in [6.07, 6.45) is 2.45. The normalized spacial score (nSPS) is 15.1. The number of pyridine rings is 1. The molecule has 2 heterocycles. The first-order valence-corrected chi connectivity index (χ1v) is 7.36. The van der Waals surface area contributed by atoms with Gasteiger partial charge in [-0.05, 0) is 42.5 Å². The molecule has 21 heavy (non-hydrogen) atoms. The van der Waals surface area contributed by atoms with Gasteiger partial charge in [0.25, 0.3) is 0 Å². The molecule has 2 aromatic carbocycles. The zero-order valence-corrected chi connectivity index (χ0v) is 11.8. The molecule has 1 aromatic heterocycles. The van der Waals surface area contributed by atoms with Gasteiger partial charge < -0.3 is 16.4 Å². The van der Waals surface area contributed by atoms with Crippen LogP contribution in [0.2, 0.25) is 0 Å². The Hall–Kier alpha value is -2.49. The van der Waals surface area contributed by atoms with Gasteiger partial charge in [0.2, 0.25) is 0 Å². The lowest BCUT2D eigenvalue weighted by Crippen LogP contribution is -2.19. The van der Waals surface area contributed by atoms with Crippen LogP contribution in [0.5, 0.6) is 0 Å². The molecule has 1 saturated heterocycles. The van der Waals surface area contributed by atoms with E-state index in [1.807, 2.05) is 30.3 Å². The summed E-state index contributed by atoms with van der Waals surface area (Å²) in [5.74, 6) is 1.04. The molecular formula is C17H18N4. The third-order valence-corrected chi connectivity index (χ3v) is 4.23. The number of hydrogen-bond acceptors (Lipinski definition) is 4. The van der Waals surface area contributed by atoms with E-state index in [0.717, 1.165) is 46.6 Å². The molecule has 4 heteroatoms. The summed E-state index contributed by atoms with van der Waals surface area (Å²) < 4.78 is 0. The predicted octanol–water partition coefficient (Wildman–Crippen LogP) is 3.15. The van der Waals surface area contributed by atoms with Crippen LogP contribution in [0.1, 0.15) is 12.8 Å². The number of benzene rings is 2. The lowest BCUT2D eigenvalue weighted by Gasteiger charge is -2.20. The fourth-order valence-corrected chi connectivity index (χ4v) is 3.19. The maximum Gasteiger partial charge on any atom is 0.137 e. The smallest absolute Gasteiger partial charge is 0.137 e. The first kappa shape index (κ1) is 12.3. The summed E-state index contributed by atoms with van der Waals surface area (Å²) in [5, 5.41) is 3.45. The number of fused-ring (bicyclic) bond motifs is 3. The molecular weight excluding hydrogens is 260 g/mol. The van der Waals surface area contributed by atoms with Gasteiger partial charge in [0.15, 0.2) is 0 Å². The Morgan fingerprint density at radius 3 is 2.24 bits per heavy atom. The van der Waals surface area contributed by atoms with Crippen molar-refractivity contribution in [2.24, 2.45) is 0 Å². The lowest BCUT2D eigenvalue weighted by molar-refractivity contribution is 0.949. The van der Waals surface area contributed by atoms with Crippen LogP contribution in [0.3, 0.4) is 0 Å². The van der Waals surface area contributed by atoms with Crippen LogP contribution >= 0.6 is 0 Å². The zero-order chi connectivity index (χ0) is 14.4. The lowest BCUT2D eigenvalue weighted by atomic mass is 10.0. The van der Waals surface area contributed by atoms with E-state index in [0.29, 0.717) is 0 Å². The molecule has 0 aliphatic carbocycles. The third kappa shape index (κ3) is 1.95. The Morgan fingerprint density at radius 2 is 1.48 bits per heavy atom. The van der Waals surface area contributed by atoms with Crippen molar-refractivity contribution in [1.82, 2.24) is 4.98 Å². The Bertz CT molecular complexity index is 835. The van der Waals surface area contributed by atoms with Gasteiger partial charge in [-0.2, -0.15) is 0 Å². The quantitative estimate of drug-likeness (QED) is 0.530. The number of anilines is 3. The summed E-state index contributed by atoms with van der Waals surface area (Å²) in [6.45, 7) is 2.12. The average Bonchev–Trinajstić information content (AvgIpc) is 3.00.